The number of amides is 1. The molecule has 1 N–H and O–H groups in total. The van der Waals surface area contributed by atoms with Crippen LogP contribution in [0.1, 0.15) is 16.1 Å². The van der Waals surface area contributed by atoms with Crippen LogP contribution in [0.15, 0.2) is 30.5 Å². The third-order valence-electron chi connectivity index (χ3n) is 2.54. The Hall–Kier alpha value is -2.24. The highest BCUT2D eigenvalue weighted by atomic mass is 19.1. The van der Waals surface area contributed by atoms with E-state index in [-0.39, 0.29) is 17.4 Å². The Morgan fingerprint density at radius 3 is 2.78 bits per heavy atom. The predicted octanol–water partition coefficient (Wildman–Crippen LogP) is 1.02. The van der Waals surface area contributed by atoms with Crippen LogP contribution in [-0.2, 0) is 13.0 Å². The van der Waals surface area contributed by atoms with Crippen molar-refractivity contribution in [3.8, 4) is 0 Å². The minimum absolute atomic E-state index is 0.249. The number of halogens is 1. The highest BCUT2D eigenvalue weighted by Crippen LogP contribution is 2.04. The molecule has 6 heteroatoms. The summed E-state index contributed by atoms with van der Waals surface area (Å²) in [5, 5.41) is 10.1. The fourth-order valence-electron chi connectivity index (χ4n) is 1.53. The minimum atomic E-state index is -0.261. The summed E-state index contributed by atoms with van der Waals surface area (Å²) in [4.78, 5) is 11.3. The highest BCUT2D eigenvalue weighted by molar-refractivity contribution is 5.91. The van der Waals surface area contributed by atoms with Crippen LogP contribution in [-0.4, -0.2) is 27.9 Å². The summed E-state index contributed by atoms with van der Waals surface area (Å²) in [6, 6.07) is 6.30. The number of benzene rings is 1. The van der Waals surface area contributed by atoms with Gasteiger partial charge in [-0.05, 0) is 24.1 Å². The summed E-state index contributed by atoms with van der Waals surface area (Å²) in [7, 11) is 1.54. The molecule has 94 valence electrons. The van der Waals surface area contributed by atoms with Crippen LogP contribution in [0.2, 0.25) is 0 Å². The van der Waals surface area contributed by atoms with Gasteiger partial charge in [0.25, 0.3) is 5.91 Å². The van der Waals surface area contributed by atoms with E-state index in [1.54, 1.807) is 30.1 Å². The monoisotopic (exact) mass is 248 g/mol. The summed E-state index contributed by atoms with van der Waals surface area (Å²) in [5.74, 6) is -0.510. The number of nitrogens with one attached hydrogen (secondary N) is 1. The zero-order valence-electron chi connectivity index (χ0n) is 9.93. The van der Waals surface area contributed by atoms with Gasteiger partial charge in [0.1, 0.15) is 5.82 Å². The average molecular weight is 248 g/mol. The Labute approximate surface area is 104 Å². The fourth-order valence-corrected chi connectivity index (χ4v) is 1.53. The van der Waals surface area contributed by atoms with Crippen molar-refractivity contribution in [1.29, 1.82) is 0 Å². The Kier molecular flexibility index (Phi) is 3.66. The van der Waals surface area contributed by atoms with Gasteiger partial charge in [-0.2, -0.15) is 0 Å². The molecule has 0 atom stereocenters. The van der Waals surface area contributed by atoms with Gasteiger partial charge < -0.3 is 5.32 Å². The van der Waals surface area contributed by atoms with Crippen LogP contribution >= 0.6 is 0 Å². The molecule has 0 aliphatic heterocycles. The average Bonchev–Trinajstić information content (AvgIpc) is 2.86. The van der Waals surface area contributed by atoms with Crippen molar-refractivity contribution in [3.63, 3.8) is 0 Å². The van der Waals surface area contributed by atoms with Crippen LogP contribution in [0.3, 0.4) is 0 Å². The van der Waals surface area contributed by atoms with Crippen molar-refractivity contribution in [1.82, 2.24) is 20.3 Å². The smallest absolute Gasteiger partial charge is 0.273 e. The van der Waals surface area contributed by atoms with E-state index in [4.69, 9.17) is 0 Å². The van der Waals surface area contributed by atoms with Crippen molar-refractivity contribution < 1.29 is 9.18 Å². The third kappa shape index (κ3) is 2.91. The first-order valence-electron chi connectivity index (χ1n) is 5.55. The van der Waals surface area contributed by atoms with Crippen molar-refractivity contribution in [2.75, 3.05) is 7.05 Å². The van der Waals surface area contributed by atoms with Crippen molar-refractivity contribution >= 4 is 5.91 Å². The van der Waals surface area contributed by atoms with Gasteiger partial charge in [0.05, 0.1) is 6.20 Å². The molecule has 0 unspecified atom stereocenters. The maximum atomic E-state index is 12.7. The molecule has 0 radical (unpaired) electrons. The van der Waals surface area contributed by atoms with Crippen molar-refractivity contribution in [3.05, 3.63) is 47.5 Å². The molecule has 1 heterocycles. The first-order valence-corrected chi connectivity index (χ1v) is 5.55. The summed E-state index contributed by atoms with van der Waals surface area (Å²) < 4.78 is 14.3. The highest BCUT2D eigenvalue weighted by Gasteiger charge is 2.08. The van der Waals surface area contributed by atoms with E-state index >= 15 is 0 Å². The van der Waals surface area contributed by atoms with Gasteiger partial charge in [-0.15, -0.1) is 5.10 Å². The van der Waals surface area contributed by atoms with E-state index in [1.807, 2.05) is 0 Å². The maximum Gasteiger partial charge on any atom is 0.273 e. The number of carbonyl (C=O) groups is 1. The Morgan fingerprint density at radius 1 is 1.39 bits per heavy atom. The molecule has 0 saturated heterocycles. The predicted molar refractivity (Wildman–Crippen MR) is 63.5 cm³/mol. The number of aryl methyl sites for hydroxylation is 2. The van der Waals surface area contributed by atoms with E-state index in [1.165, 1.54) is 12.1 Å². The zero-order chi connectivity index (χ0) is 13.0. The van der Waals surface area contributed by atoms with E-state index in [2.05, 4.69) is 15.6 Å². The summed E-state index contributed by atoms with van der Waals surface area (Å²) in [5.41, 5.74) is 1.30. The molecule has 1 amide bonds. The molecule has 0 spiro atoms. The maximum absolute atomic E-state index is 12.7. The number of nitrogens with zero attached hydrogens (tertiary/aromatic N) is 3. The lowest BCUT2D eigenvalue weighted by molar-refractivity contribution is 0.0958. The molecule has 0 bridgehead atoms. The van der Waals surface area contributed by atoms with Gasteiger partial charge in [-0.3, -0.25) is 9.48 Å². The van der Waals surface area contributed by atoms with Gasteiger partial charge in [0.2, 0.25) is 0 Å². The van der Waals surface area contributed by atoms with Gasteiger partial charge in [-0.25, -0.2) is 4.39 Å². The molecular weight excluding hydrogens is 235 g/mol. The van der Waals surface area contributed by atoms with Crippen LogP contribution in [0.5, 0.6) is 0 Å². The second-order valence-corrected chi connectivity index (χ2v) is 3.82. The van der Waals surface area contributed by atoms with E-state index in [9.17, 15) is 9.18 Å². The number of hydrogen-bond acceptors (Lipinski definition) is 3. The SMILES string of the molecule is CNC(=O)c1cn(CCc2ccc(F)cc2)nn1. The number of aromatic nitrogens is 3. The summed E-state index contributed by atoms with van der Waals surface area (Å²) in [6.07, 6.45) is 2.29. The third-order valence-corrected chi connectivity index (χ3v) is 2.54. The molecule has 5 nitrogen and oxygen atoms in total. The Balaban J connectivity index is 1.96. The molecule has 0 saturated carbocycles. The normalized spacial score (nSPS) is 10.3. The molecule has 0 aliphatic rings. The van der Waals surface area contributed by atoms with Crippen LogP contribution in [0.25, 0.3) is 0 Å². The zero-order valence-corrected chi connectivity index (χ0v) is 9.93. The summed E-state index contributed by atoms with van der Waals surface area (Å²) >= 11 is 0. The quantitative estimate of drug-likeness (QED) is 0.878. The van der Waals surface area contributed by atoms with Crippen LogP contribution < -0.4 is 5.32 Å². The number of carbonyl (C=O) groups excluding carboxylic acids is 1. The standard InChI is InChI=1S/C12H13FN4O/c1-14-12(18)11-8-17(16-15-11)7-6-9-2-4-10(13)5-3-9/h2-5,8H,6-7H2,1H3,(H,14,18). The first-order chi connectivity index (χ1) is 8.69. The Morgan fingerprint density at radius 2 is 2.11 bits per heavy atom. The topological polar surface area (TPSA) is 59.8 Å². The molecule has 1 aromatic heterocycles. The molecular formula is C12H13FN4O. The van der Waals surface area contributed by atoms with Crippen molar-refractivity contribution in [2.45, 2.75) is 13.0 Å². The van der Waals surface area contributed by atoms with Crippen LogP contribution in [0.4, 0.5) is 4.39 Å². The molecule has 0 aliphatic carbocycles. The second kappa shape index (κ2) is 5.39. The van der Waals surface area contributed by atoms with Gasteiger partial charge in [-0.1, -0.05) is 17.3 Å². The Bertz CT molecular complexity index is 535. The van der Waals surface area contributed by atoms with Crippen LogP contribution in [0, 0.1) is 5.82 Å². The fraction of sp³-hybridized carbons (Fsp3) is 0.250. The lowest BCUT2D eigenvalue weighted by Crippen LogP contribution is -2.18. The first kappa shape index (κ1) is 12.2. The van der Waals surface area contributed by atoms with Gasteiger partial charge >= 0.3 is 0 Å². The molecule has 1 aromatic carbocycles. The van der Waals surface area contributed by atoms with E-state index < -0.39 is 0 Å². The molecule has 0 fully saturated rings. The summed E-state index contributed by atoms with van der Waals surface area (Å²) in [6.45, 7) is 0.593. The molecule has 2 aromatic rings. The van der Waals surface area contributed by atoms with Crippen molar-refractivity contribution in [2.24, 2.45) is 0 Å². The largest absolute Gasteiger partial charge is 0.354 e. The van der Waals surface area contributed by atoms with Gasteiger partial charge in [0.15, 0.2) is 5.69 Å². The molecule has 2 rings (SSSR count). The lowest BCUT2D eigenvalue weighted by Gasteiger charge is -2.00. The van der Waals surface area contributed by atoms with E-state index in [0.29, 0.717) is 13.0 Å². The number of hydrogen-bond donors (Lipinski definition) is 1. The molecule has 18 heavy (non-hydrogen) atoms. The van der Waals surface area contributed by atoms with E-state index in [0.717, 1.165) is 5.56 Å². The lowest BCUT2D eigenvalue weighted by atomic mass is 10.1. The number of rotatable bonds is 4. The second-order valence-electron chi connectivity index (χ2n) is 3.82. The minimum Gasteiger partial charge on any atom is -0.354 e. The van der Waals surface area contributed by atoms with Gasteiger partial charge in [0, 0.05) is 13.6 Å².